The lowest BCUT2D eigenvalue weighted by atomic mass is 9.91. The predicted octanol–water partition coefficient (Wildman–Crippen LogP) is 2.07. The van der Waals surface area contributed by atoms with Crippen LogP contribution in [0.1, 0.15) is 52.4 Å². The van der Waals surface area contributed by atoms with Crippen molar-refractivity contribution in [3.05, 3.63) is 0 Å². The van der Waals surface area contributed by atoms with Gasteiger partial charge in [0.2, 0.25) is 0 Å². The Hall–Kier alpha value is -0.0800. The minimum Gasteiger partial charge on any atom is -0.392 e. The number of aliphatic hydroxyl groups excluding tert-OH is 1. The van der Waals surface area contributed by atoms with E-state index in [1.54, 1.807) is 0 Å². The summed E-state index contributed by atoms with van der Waals surface area (Å²) in [6, 6.07) is 0.955. The second-order valence-corrected chi connectivity index (χ2v) is 4.14. The van der Waals surface area contributed by atoms with Crippen LogP contribution in [-0.4, -0.2) is 23.3 Å². The lowest BCUT2D eigenvalue weighted by Crippen LogP contribution is -2.46. The van der Waals surface area contributed by atoms with Gasteiger partial charge in [0.15, 0.2) is 0 Å². The Bertz CT molecular complexity index is 134. The van der Waals surface area contributed by atoms with Crippen molar-refractivity contribution in [2.75, 3.05) is 0 Å². The first kappa shape index (κ1) is 11.0. The molecule has 13 heavy (non-hydrogen) atoms. The molecule has 0 bridgehead atoms. The van der Waals surface area contributed by atoms with E-state index in [-0.39, 0.29) is 6.10 Å². The summed E-state index contributed by atoms with van der Waals surface area (Å²) >= 11 is 0. The summed E-state index contributed by atoms with van der Waals surface area (Å²) in [6.07, 6.45) is 6.83. The molecule has 1 aliphatic rings. The molecule has 0 aromatic heterocycles. The third-order valence-electron chi connectivity index (χ3n) is 3.16. The van der Waals surface area contributed by atoms with Crippen LogP contribution >= 0.6 is 0 Å². The van der Waals surface area contributed by atoms with Crippen molar-refractivity contribution in [3.8, 4) is 0 Å². The Morgan fingerprint density at radius 3 is 2.38 bits per heavy atom. The van der Waals surface area contributed by atoms with Gasteiger partial charge in [-0.2, -0.15) is 0 Å². The first-order valence-corrected chi connectivity index (χ1v) is 5.72. The fourth-order valence-corrected chi connectivity index (χ4v) is 2.13. The average Bonchev–Trinajstić information content (AvgIpc) is 2.17. The van der Waals surface area contributed by atoms with Crippen LogP contribution in [0.25, 0.3) is 0 Å². The lowest BCUT2D eigenvalue weighted by Gasteiger charge is -2.31. The summed E-state index contributed by atoms with van der Waals surface area (Å²) in [5.74, 6) is 0. The molecule has 2 nitrogen and oxygen atoms in total. The van der Waals surface area contributed by atoms with Crippen LogP contribution in [0.3, 0.4) is 0 Å². The molecule has 2 N–H and O–H groups in total. The largest absolute Gasteiger partial charge is 0.392 e. The molecule has 0 aromatic rings. The highest BCUT2D eigenvalue weighted by Gasteiger charge is 2.23. The highest BCUT2D eigenvalue weighted by Crippen LogP contribution is 2.19. The molecule has 0 unspecified atom stereocenters. The monoisotopic (exact) mass is 185 g/mol. The van der Waals surface area contributed by atoms with Crippen LogP contribution < -0.4 is 5.32 Å². The predicted molar refractivity (Wildman–Crippen MR) is 55.8 cm³/mol. The summed E-state index contributed by atoms with van der Waals surface area (Å²) in [6.45, 7) is 4.41. The van der Waals surface area contributed by atoms with E-state index in [2.05, 4.69) is 19.2 Å². The number of nitrogens with one attached hydrogen (secondary N) is 1. The van der Waals surface area contributed by atoms with E-state index in [0.29, 0.717) is 12.1 Å². The Morgan fingerprint density at radius 2 is 1.85 bits per heavy atom. The quantitative estimate of drug-likeness (QED) is 0.702. The van der Waals surface area contributed by atoms with Gasteiger partial charge in [-0.1, -0.05) is 26.7 Å². The molecule has 0 aromatic carbocycles. The Balaban J connectivity index is 2.32. The number of hydrogen-bond acceptors (Lipinski definition) is 2. The number of hydrogen-bond donors (Lipinski definition) is 2. The molecule has 78 valence electrons. The molecule has 1 rings (SSSR count). The molecule has 1 aliphatic carbocycles. The molecular formula is C11H23NO. The SMILES string of the molecule is CCC(CC)N[C@H]1CCCC[C@@H]1O. The van der Waals surface area contributed by atoms with Gasteiger partial charge in [0, 0.05) is 12.1 Å². The van der Waals surface area contributed by atoms with Gasteiger partial charge in [0.25, 0.3) is 0 Å². The van der Waals surface area contributed by atoms with E-state index in [4.69, 9.17) is 0 Å². The third kappa shape index (κ3) is 3.28. The summed E-state index contributed by atoms with van der Waals surface area (Å²) in [5.41, 5.74) is 0. The van der Waals surface area contributed by atoms with Crippen molar-refractivity contribution in [2.24, 2.45) is 0 Å². The maximum Gasteiger partial charge on any atom is 0.0693 e. The van der Waals surface area contributed by atoms with E-state index < -0.39 is 0 Å². The van der Waals surface area contributed by atoms with Crippen molar-refractivity contribution in [1.82, 2.24) is 5.32 Å². The Kier molecular flexibility index (Phi) is 4.74. The first-order valence-electron chi connectivity index (χ1n) is 5.72. The molecule has 0 radical (unpaired) electrons. The third-order valence-corrected chi connectivity index (χ3v) is 3.16. The zero-order valence-electron chi connectivity index (χ0n) is 8.92. The molecule has 0 heterocycles. The molecule has 2 atom stereocenters. The van der Waals surface area contributed by atoms with E-state index in [1.165, 1.54) is 25.7 Å². The van der Waals surface area contributed by atoms with Crippen molar-refractivity contribution in [3.63, 3.8) is 0 Å². The smallest absolute Gasteiger partial charge is 0.0693 e. The van der Waals surface area contributed by atoms with E-state index >= 15 is 0 Å². The van der Waals surface area contributed by atoms with Crippen molar-refractivity contribution in [2.45, 2.75) is 70.6 Å². The van der Waals surface area contributed by atoms with E-state index in [0.717, 1.165) is 12.8 Å². The van der Waals surface area contributed by atoms with Crippen molar-refractivity contribution < 1.29 is 5.11 Å². The van der Waals surface area contributed by atoms with Gasteiger partial charge in [-0.15, -0.1) is 0 Å². The van der Waals surface area contributed by atoms with Gasteiger partial charge in [0.05, 0.1) is 6.10 Å². The van der Waals surface area contributed by atoms with Crippen LogP contribution in [0.15, 0.2) is 0 Å². The minimum absolute atomic E-state index is 0.102. The second kappa shape index (κ2) is 5.61. The van der Waals surface area contributed by atoms with Gasteiger partial charge >= 0.3 is 0 Å². The van der Waals surface area contributed by atoms with Crippen molar-refractivity contribution >= 4 is 0 Å². The molecule has 0 saturated heterocycles. The topological polar surface area (TPSA) is 32.3 Å². The summed E-state index contributed by atoms with van der Waals surface area (Å²) in [5, 5.41) is 13.3. The van der Waals surface area contributed by atoms with Gasteiger partial charge in [0.1, 0.15) is 0 Å². The van der Waals surface area contributed by atoms with Crippen LogP contribution in [0.5, 0.6) is 0 Å². The highest BCUT2D eigenvalue weighted by molar-refractivity contribution is 4.82. The highest BCUT2D eigenvalue weighted by atomic mass is 16.3. The summed E-state index contributed by atoms with van der Waals surface area (Å²) in [7, 11) is 0. The second-order valence-electron chi connectivity index (χ2n) is 4.14. The first-order chi connectivity index (χ1) is 6.27. The number of rotatable bonds is 4. The van der Waals surface area contributed by atoms with Crippen LogP contribution in [0, 0.1) is 0 Å². The van der Waals surface area contributed by atoms with Gasteiger partial charge in [-0.25, -0.2) is 0 Å². The van der Waals surface area contributed by atoms with Crippen molar-refractivity contribution in [1.29, 1.82) is 0 Å². The lowest BCUT2D eigenvalue weighted by molar-refractivity contribution is 0.0842. The maximum absolute atomic E-state index is 9.75. The Labute approximate surface area is 81.7 Å². The molecule has 1 fully saturated rings. The van der Waals surface area contributed by atoms with Crippen LogP contribution in [0.2, 0.25) is 0 Å². The molecule has 0 amide bonds. The van der Waals surface area contributed by atoms with Crippen LogP contribution in [-0.2, 0) is 0 Å². The average molecular weight is 185 g/mol. The van der Waals surface area contributed by atoms with E-state index in [9.17, 15) is 5.11 Å². The van der Waals surface area contributed by atoms with Gasteiger partial charge < -0.3 is 10.4 Å². The normalized spacial score (nSPS) is 29.5. The van der Waals surface area contributed by atoms with Crippen LogP contribution in [0.4, 0.5) is 0 Å². The fraction of sp³-hybridized carbons (Fsp3) is 1.00. The molecule has 0 aliphatic heterocycles. The zero-order chi connectivity index (χ0) is 9.68. The fourth-order valence-electron chi connectivity index (χ4n) is 2.13. The molecule has 0 spiro atoms. The molecular weight excluding hydrogens is 162 g/mol. The van der Waals surface area contributed by atoms with Gasteiger partial charge in [-0.3, -0.25) is 0 Å². The molecule has 2 heteroatoms. The standard InChI is InChI=1S/C11H23NO/c1-3-9(4-2)12-10-7-5-6-8-11(10)13/h9-13H,3-8H2,1-2H3/t10-,11-/m0/s1. The minimum atomic E-state index is -0.102. The zero-order valence-corrected chi connectivity index (χ0v) is 8.92. The Morgan fingerprint density at radius 1 is 1.23 bits per heavy atom. The van der Waals surface area contributed by atoms with E-state index in [1.807, 2.05) is 0 Å². The summed E-state index contributed by atoms with van der Waals surface area (Å²) < 4.78 is 0. The maximum atomic E-state index is 9.75. The summed E-state index contributed by atoms with van der Waals surface area (Å²) in [4.78, 5) is 0. The molecule has 1 saturated carbocycles. The van der Waals surface area contributed by atoms with Gasteiger partial charge in [-0.05, 0) is 25.7 Å². The number of aliphatic hydroxyl groups is 1.